The topological polar surface area (TPSA) is 53.6 Å². The average Bonchev–Trinajstić information content (AvgIpc) is 2.86. The Balaban J connectivity index is 1.55. The summed E-state index contributed by atoms with van der Waals surface area (Å²) in [7, 11) is 0. The van der Waals surface area contributed by atoms with E-state index in [1.165, 1.54) is 5.56 Å². The minimum Gasteiger partial charge on any atom is -0.342 e. The van der Waals surface area contributed by atoms with Gasteiger partial charge in [-0.1, -0.05) is 11.6 Å². The number of hydrogen-bond acceptors (Lipinski definition) is 3. The lowest BCUT2D eigenvalue weighted by Crippen LogP contribution is -2.17. The third-order valence-corrected chi connectivity index (χ3v) is 3.35. The zero-order valence-corrected chi connectivity index (χ0v) is 11.7. The normalized spacial score (nSPS) is 11.1. The summed E-state index contributed by atoms with van der Waals surface area (Å²) in [6, 6.07) is 9.71. The van der Waals surface area contributed by atoms with Gasteiger partial charge in [0.1, 0.15) is 5.82 Å². The summed E-state index contributed by atoms with van der Waals surface area (Å²) in [4.78, 5) is 11.8. The number of rotatable bonds is 5. The second kappa shape index (κ2) is 6.03. The lowest BCUT2D eigenvalue weighted by atomic mass is 10.2. The minimum absolute atomic E-state index is 0.725. The Labute approximate surface area is 122 Å². The molecule has 0 aliphatic carbocycles. The van der Waals surface area contributed by atoms with Gasteiger partial charge in [0.2, 0.25) is 0 Å². The van der Waals surface area contributed by atoms with Crippen LogP contribution >= 0.6 is 11.6 Å². The van der Waals surface area contributed by atoms with Gasteiger partial charge in [-0.25, -0.2) is 4.98 Å². The van der Waals surface area contributed by atoms with E-state index in [2.05, 4.69) is 20.3 Å². The van der Waals surface area contributed by atoms with Crippen molar-refractivity contribution >= 4 is 22.6 Å². The molecule has 2 aromatic heterocycles. The van der Waals surface area contributed by atoms with E-state index >= 15 is 0 Å². The smallest absolute Gasteiger partial charge is 0.108 e. The maximum absolute atomic E-state index is 5.96. The Bertz CT molecular complexity index is 693. The average molecular weight is 287 g/mol. The molecule has 0 saturated heterocycles. The fraction of sp³-hybridized carbons (Fsp3) is 0.200. The van der Waals surface area contributed by atoms with Gasteiger partial charge >= 0.3 is 0 Å². The van der Waals surface area contributed by atoms with Crippen molar-refractivity contribution in [3.63, 3.8) is 0 Å². The number of hydrogen-bond donors (Lipinski definition) is 2. The van der Waals surface area contributed by atoms with Crippen LogP contribution in [0.15, 0.2) is 42.7 Å². The van der Waals surface area contributed by atoms with Crippen molar-refractivity contribution in [1.29, 1.82) is 0 Å². The summed E-state index contributed by atoms with van der Waals surface area (Å²) in [6.07, 6.45) is 4.47. The van der Waals surface area contributed by atoms with Crippen molar-refractivity contribution in [2.24, 2.45) is 0 Å². The van der Waals surface area contributed by atoms with Gasteiger partial charge in [-0.3, -0.25) is 4.98 Å². The molecule has 3 aromatic rings. The largest absolute Gasteiger partial charge is 0.342 e. The first kappa shape index (κ1) is 13.1. The van der Waals surface area contributed by atoms with E-state index in [0.717, 1.165) is 41.4 Å². The molecule has 20 heavy (non-hydrogen) atoms. The fourth-order valence-corrected chi connectivity index (χ4v) is 2.27. The first-order valence-corrected chi connectivity index (χ1v) is 6.93. The van der Waals surface area contributed by atoms with Gasteiger partial charge in [0, 0.05) is 36.9 Å². The SMILES string of the molecule is Clc1ccc2nc(CCNCc3ccncc3)[nH]c2c1. The highest BCUT2D eigenvalue weighted by molar-refractivity contribution is 6.31. The van der Waals surface area contributed by atoms with Crippen LogP contribution in [0.1, 0.15) is 11.4 Å². The molecule has 0 unspecified atom stereocenters. The quantitative estimate of drug-likeness (QED) is 0.709. The predicted octanol–water partition coefficient (Wildman–Crippen LogP) is 2.94. The summed E-state index contributed by atoms with van der Waals surface area (Å²) in [5.74, 6) is 0.976. The Morgan fingerprint density at radius 1 is 1.15 bits per heavy atom. The molecule has 0 saturated carbocycles. The molecule has 0 bridgehead atoms. The number of fused-ring (bicyclic) bond motifs is 1. The molecular formula is C15H15ClN4. The van der Waals surface area contributed by atoms with Gasteiger partial charge in [0.15, 0.2) is 0 Å². The molecule has 1 aromatic carbocycles. The van der Waals surface area contributed by atoms with Crippen LogP contribution in [0, 0.1) is 0 Å². The highest BCUT2D eigenvalue weighted by Crippen LogP contribution is 2.17. The van der Waals surface area contributed by atoms with Crippen molar-refractivity contribution < 1.29 is 0 Å². The second-order valence-corrected chi connectivity index (χ2v) is 5.06. The van der Waals surface area contributed by atoms with Crippen molar-refractivity contribution in [3.05, 3.63) is 59.1 Å². The number of benzene rings is 1. The zero-order chi connectivity index (χ0) is 13.8. The van der Waals surface area contributed by atoms with Gasteiger partial charge in [0.05, 0.1) is 11.0 Å². The summed E-state index contributed by atoms with van der Waals surface area (Å²) >= 11 is 5.96. The summed E-state index contributed by atoms with van der Waals surface area (Å²) in [6.45, 7) is 1.71. The van der Waals surface area contributed by atoms with Crippen molar-refractivity contribution in [2.75, 3.05) is 6.54 Å². The molecule has 0 spiro atoms. The Kier molecular flexibility index (Phi) is 3.95. The first-order valence-electron chi connectivity index (χ1n) is 6.55. The van der Waals surface area contributed by atoms with E-state index in [0.29, 0.717) is 0 Å². The summed E-state index contributed by atoms with van der Waals surface area (Å²) in [5, 5.41) is 4.12. The van der Waals surface area contributed by atoms with Gasteiger partial charge in [0.25, 0.3) is 0 Å². The van der Waals surface area contributed by atoms with Crippen LogP contribution in [0.25, 0.3) is 11.0 Å². The second-order valence-electron chi connectivity index (χ2n) is 4.63. The third kappa shape index (κ3) is 3.15. The van der Waals surface area contributed by atoms with E-state index in [4.69, 9.17) is 11.6 Å². The fourth-order valence-electron chi connectivity index (χ4n) is 2.09. The number of pyridine rings is 1. The van der Waals surface area contributed by atoms with E-state index in [-0.39, 0.29) is 0 Å². The molecule has 5 heteroatoms. The number of H-pyrrole nitrogens is 1. The third-order valence-electron chi connectivity index (χ3n) is 3.11. The van der Waals surface area contributed by atoms with Gasteiger partial charge in [-0.05, 0) is 35.9 Å². The van der Waals surface area contributed by atoms with Crippen LogP contribution in [-0.4, -0.2) is 21.5 Å². The Hall–Kier alpha value is -1.91. The molecule has 0 fully saturated rings. The maximum atomic E-state index is 5.96. The Morgan fingerprint density at radius 2 is 2.00 bits per heavy atom. The molecule has 0 aliphatic heterocycles. The van der Waals surface area contributed by atoms with Crippen LogP contribution in [0.4, 0.5) is 0 Å². The van der Waals surface area contributed by atoms with Gasteiger partial charge < -0.3 is 10.3 Å². The van der Waals surface area contributed by atoms with Crippen molar-refractivity contribution in [3.8, 4) is 0 Å². The molecule has 3 rings (SSSR count). The summed E-state index contributed by atoms with van der Waals surface area (Å²) < 4.78 is 0. The zero-order valence-electron chi connectivity index (χ0n) is 10.9. The van der Waals surface area contributed by atoms with Gasteiger partial charge in [-0.15, -0.1) is 0 Å². The van der Waals surface area contributed by atoms with E-state index in [9.17, 15) is 0 Å². The van der Waals surface area contributed by atoms with Crippen LogP contribution in [0.5, 0.6) is 0 Å². The van der Waals surface area contributed by atoms with Gasteiger partial charge in [-0.2, -0.15) is 0 Å². The number of aromatic amines is 1. The van der Waals surface area contributed by atoms with Crippen molar-refractivity contribution in [2.45, 2.75) is 13.0 Å². The molecule has 2 heterocycles. The van der Waals surface area contributed by atoms with E-state index in [1.54, 1.807) is 12.4 Å². The summed E-state index contributed by atoms with van der Waals surface area (Å²) in [5.41, 5.74) is 3.18. The molecule has 0 aliphatic rings. The van der Waals surface area contributed by atoms with Crippen molar-refractivity contribution in [1.82, 2.24) is 20.3 Å². The molecule has 0 radical (unpaired) electrons. The number of nitrogens with zero attached hydrogens (tertiary/aromatic N) is 2. The van der Waals surface area contributed by atoms with Crippen LogP contribution in [-0.2, 0) is 13.0 Å². The Morgan fingerprint density at radius 3 is 2.85 bits per heavy atom. The maximum Gasteiger partial charge on any atom is 0.108 e. The highest BCUT2D eigenvalue weighted by Gasteiger charge is 2.03. The van der Waals surface area contributed by atoms with Crippen LogP contribution in [0.2, 0.25) is 5.02 Å². The molecule has 4 nitrogen and oxygen atoms in total. The number of halogens is 1. The van der Waals surface area contributed by atoms with E-state index in [1.807, 2.05) is 30.3 Å². The van der Waals surface area contributed by atoms with Crippen LogP contribution in [0.3, 0.4) is 0 Å². The first-order chi connectivity index (χ1) is 9.81. The monoisotopic (exact) mass is 286 g/mol. The lowest BCUT2D eigenvalue weighted by Gasteiger charge is -2.02. The number of aromatic nitrogens is 3. The van der Waals surface area contributed by atoms with Crippen LogP contribution < -0.4 is 5.32 Å². The minimum atomic E-state index is 0.725. The highest BCUT2D eigenvalue weighted by atomic mass is 35.5. The molecular weight excluding hydrogens is 272 g/mol. The van der Waals surface area contributed by atoms with E-state index < -0.39 is 0 Å². The molecule has 0 amide bonds. The molecule has 2 N–H and O–H groups in total. The predicted molar refractivity (Wildman–Crippen MR) is 80.8 cm³/mol. The molecule has 102 valence electrons. The molecule has 0 atom stereocenters. The standard InChI is InChI=1S/C15H15ClN4/c16-12-1-2-13-14(9-12)20-15(19-13)5-8-18-10-11-3-6-17-7-4-11/h1-4,6-7,9,18H,5,8,10H2,(H,19,20). The lowest BCUT2D eigenvalue weighted by molar-refractivity contribution is 0.674. The number of imidazole rings is 1. The number of nitrogens with one attached hydrogen (secondary N) is 2.